The molecule has 0 aliphatic carbocycles. The first kappa shape index (κ1) is 44.1. The molecule has 11 rings (SSSR count). The van der Waals surface area contributed by atoms with Crippen molar-refractivity contribution in [3.63, 3.8) is 0 Å². The average Bonchev–Trinajstić information content (AvgIpc) is 4.16. The molecular formula is C52H22Cl8N8. The molecule has 0 saturated carbocycles. The van der Waals surface area contributed by atoms with Crippen LogP contribution in [0.5, 0.6) is 0 Å². The van der Waals surface area contributed by atoms with E-state index in [-0.39, 0.29) is 11.4 Å². The van der Waals surface area contributed by atoms with Crippen molar-refractivity contribution in [1.29, 1.82) is 10.5 Å². The van der Waals surface area contributed by atoms with Crippen LogP contribution in [-0.2, 0) is 0 Å². The summed E-state index contributed by atoms with van der Waals surface area (Å²) in [5.74, 6) is 0. The van der Waals surface area contributed by atoms with Gasteiger partial charge in [-0.25, -0.2) is 19.9 Å². The molecule has 9 aromatic rings. The zero-order chi connectivity index (χ0) is 47.1. The SMILES string of the molecule is N#Cc1nc2cc3c(cc2nc1C#N)-c1nc-3c(-c2c(Cl)cccc2Cl)c2ccc([nH]2)c(-c2c(Cl)cccc2Cl)c2nc(c(-c3c(Cl)cccc3Cl)c3ccc([nH]3)c1-c1c(Cl)cccc1Cl)C=C2. The van der Waals surface area contributed by atoms with Crippen LogP contribution in [-0.4, -0.2) is 29.9 Å². The minimum absolute atomic E-state index is 0.136. The Labute approximate surface area is 426 Å². The van der Waals surface area contributed by atoms with Crippen LogP contribution in [0.4, 0.5) is 0 Å². The van der Waals surface area contributed by atoms with E-state index in [2.05, 4.69) is 19.9 Å². The summed E-state index contributed by atoms with van der Waals surface area (Å²) in [6.45, 7) is 0. The number of hydrogen-bond acceptors (Lipinski definition) is 6. The van der Waals surface area contributed by atoms with Crippen molar-refractivity contribution >= 4 is 138 Å². The van der Waals surface area contributed by atoms with Gasteiger partial charge in [-0.05, 0) is 97.1 Å². The van der Waals surface area contributed by atoms with Gasteiger partial charge in [-0.1, -0.05) is 117 Å². The maximum Gasteiger partial charge on any atom is 0.177 e. The van der Waals surface area contributed by atoms with Gasteiger partial charge < -0.3 is 9.97 Å². The molecule has 0 atom stereocenters. The monoisotopic (exact) mass is 1040 g/mol. The molecule has 0 spiro atoms. The number of aromatic amines is 2. The molecule has 2 aliphatic heterocycles. The van der Waals surface area contributed by atoms with Crippen molar-refractivity contribution in [3.8, 4) is 79.2 Å². The van der Waals surface area contributed by atoms with E-state index < -0.39 is 0 Å². The number of nitriles is 2. The third-order valence-electron chi connectivity index (χ3n) is 11.7. The highest BCUT2D eigenvalue weighted by molar-refractivity contribution is 6.42. The van der Waals surface area contributed by atoms with Crippen LogP contribution >= 0.6 is 92.8 Å². The van der Waals surface area contributed by atoms with Crippen LogP contribution in [0.3, 0.4) is 0 Å². The highest BCUT2D eigenvalue weighted by Gasteiger charge is 2.30. The van der Waals surface area contributed by atoms with E-state index in [1.807, 2.05) is 48.6 Å². The Bertz CT molecular complexity index is 3680. The first-order valence-corrected chi connectivity index (χ1v) is 23.4. The molecule has 8 nitrogen and oxygen atoms in total. The third-order valence-corrected chi connectivity index (χ3v) is 14.2. The van der Waals surface area contributed by atoms with E-state index in [0.29, 0.717) is 152 Å². The van der Waals surface area contributed by atoms with E-state index in [1.54, 1.807) is 84.9 Å². The Morgan fingerprint density at radius 3 is 0.956 bits per heavy atom. The summed E-state index contributed by atoms with van der Waals surface area (Å²) in [6.07, 6.45) is 3.76. The lowest BCUT2D eigenvalue weighted by molar-refractivity contribution is 1.20. The highest BCUT2D eigenvalue weighted by atomic mass is 35.5. The smallest absolute Gasteiger partial charge is 0.177 e. The van der Waals surface area contributed by atoms with Crippen molar-refractivity contribution in [2.45, 2.75) is 0 Å². The van der Waals surface area contributed by atoms with E-state index in [4.69, 9.17) is 103 Å². The minimum Gasteiger partial charge on any atom is -0.354 e. The molecule has 0 amide bonds. The number of fused-ring (bicyclic) bond motifs is 12. The standard InChI is InChI=1S/C52H22Cl8N8/c53-25-5-1-6-26(54)43(25)47-33-13-14-34(63-33)48(44-27(55)7-2-8-28(44)56)36-16-18-38(65-36)50(46-31(59)11-4-12-32(46)60)52-24-20-40-39(66-41(21-61)42(22-62)67-40)19-23(24)51(68-52)49(37-17-15-35(47)64-37)45-29(57)9-3-10-30(45)58/h1-20,64-65H. The second-order valence-corrected chi connectivity index (χ2v) is 18.8. The summed E-state index contributed by atoms with van der Waals surface area (Å²) in [6, 6.07) is 36.2. The predicted molar refractivity (Wildman–Crippen MR) is 279 cm³/mol. The number of benzene rings is 5. The first-order valence-electron chi connectivity index (χ1n) is 20.4. The van der Waals surface area contributed by atoms with Crippen LogP contribution in [0.15, 0.2) is 109 Å². The summed E-state index contributed by atoms with van der Waals surface area (Å²) in [4.78, 5) is 27.4. The van der Waals surface area contributed by atoms with E-state index in [9.17, 15) is 10.5 Å². The van der Waals surface area contributed by atoms with Gasteiger partial charge in [0, 0.05) is 77.7 Å². The van der Waals surface area contributed by atoms with Gasteiger partial charge in [-0.15, -0.1) is 0 Å². The number of nitrogens with zero attached hydrogens (tertiary/aromatic N) is 6. The maximum absolute atomic E-state index is 10.0. The van der Waals surface area contributed by atoms with Crippen molar-refractivity contribution in [3.05, 3.63) is 172 Å². The van der Waals surface area contributed by atoms with Crippen LogP contribution in [0.2, 0.25) is 40.2 Å². The molecule has 0 fully saturated rings. The minimum atomic E-state index is -0.136. The molecule has 2 aliphatic rings. The average molecular weight is 1040 g/mol. The fourth-order valence-corrected chi connectivity index (χ4v) is 11.1. The van der Waals surface area contributed by atoms with Gasteiger partial charge >= 0.3 is 0 Å². The molecule has 16 heteroatoms. The number of H-pyrrole nitrogens is 2. The maximum atomic E-state index is 10.0. The van der Waals surface area contributed by atoms with E-state index in [1.165, 1.54) is 0 Å². The van der Waals surface area contributed by atoms with Crippen molar-refractivity contribution in [1.82, 2.24) is 29.9 Å². The lowest BCUT2D eigenvalue weighted by Crippen LogP contribution is -1.96. The summed E-state index contributed by atoms with van der Waals surface area (Å²) < 4.78 is 0. The number of hydrogen-bond donors (Lipinski definition) is 2. The summed E-state index contributed by atoms with van der Waals surface area (Å²) in [5, 5.41) is 22.9. The second kappa shape index (κ2) is 17.3. The zero-order valence-electron chi connectivity index (χ0n) is 34.3. The van der Waals surface area contributed by atoms with Crippen LogP contribution in [0.25, 0.3) is 112 Å². The van der Waals surface area contributed by atoms with Gasteiger partial charge in [-0.3, -0.25) is 0 Å². The molecule has 326 valence electrons. The molecular weight excluding hydrogens is 1020 g/mol. The Morgan fingerprint density at radius 1 is 0.353 bits per heavy atom. The molecule has 4 aromatic heterocycles. The Morgan fingerprint density at radius 2 is 0.647 bits per heavy atom. The van der Waals surface area contributed by atoms with E-state index in [0.717, 1.165) is 0 Å². The number of halogens is 8. The lowest BCUT2D eigenvalue weighted by Gasteiger charge is -2.12. The van der Waals surface area contributed by atoms with Crippen molar-refractivity contribution in [2.24, 2.45) is 0 Å². The Kier molecular flexibility index (Phi) is 11.2. The Hall–Kier alpha value is -6.40. The quantitative estimate of drug-likeness (QED) is 0.181. The van der Waals surface area contributed by atoms with Gasteiger partial charge in [0.05, 0.1) is 74.0 Å². The first-order chi connectivity index (χ1) is 32.9. The van der Waals surface area contributed by atoms with Crippen LogP contribution in [0.1, 0.15) is 22.8 Å². The largest absolute Gasteiger partial charge is 0.354 e. The molecule has 0 unspecified atom stereocenters. The second-order valence-electron chi connectivity index (χ2n) is 15.5. The third kappa shape index (κ3) is 7.20. The number of rotatable bonds is 4. The van der Waals surface area contributed by atoms with Crippen molar-refractivity contribution in [2.75, 3.05) is 0 Å². The van der Waals surface area contributed by atoms with Crippen molar-refractivity contribution < 1.29 is 0 Å². The van der Waals surface area contributed by atoms with Gasteiger partial charge in [0.25, 0.3) is 0 Å². The van der Waals surface area contributed by atoms with Gasteiger partial charge in [0.1, 0.15) is 12.1 Å². The van der Waals surface area contributed by atoms with Crippen LogP contribution in [0, 0.1) is 22.7 Å². The summed E-state index contributed by atoms with van der Waals surface area (Å²) in [5.41, 5.74) is 9.72. The fourth-order valence-electron chi connectivity index (χ4n) is 8.79. The zero-order valence-corrected chi connectivity index (χ0v) is 40.3. The van der Waals surface area contributed by atoms with Crippen LogP contribution < -0.4 is 0 Å². The molecule has 0 radical (unpaired) electrons. The van der Waals surface area contributed by atoms with E-state index >= 15 is 0 Å². The normalized spacial score (nSPS) is 11.7. The number of aromatic nitrogens is 6. The molecule has 68 heavy (non-hydrogen) atoms. The Balaban J connectivity index is 1.45. The summed E-state index contributed by atoms with van der Waals surface area (Å²) >= 11 is 56.9. The molecule has 5 aromatic carbocycles. The molecule has 2 N–H and O–H groups in total. The summed E-state index contributed by atoms with van der Waals surface area (Å²) in [7, 11) is 0. The number of nitrogens with one attached hydrogen (secondary N) is 2. The topological polar surface area (TPSA) is 131 Å². The molecule has 0 saturated heterocycles. The lowest BCUT2D eigenvalue weighted by atomic mass is 9.94. The van der Waals surface area contributed by atoms with Gasteiger partial charge in [0.2, 0.25) is 0 Å². The predicted octanol–water partition coefficient (Wildman–Crippen LogP) is 17.4. The fraction of sp³-hybridized carbons (Fsp3) is 0. The van der Waals surface area contributed by atoms with Gasteiger partial charge in [0.15, 0.2) is 11.4 Å². The molecule has 6 heterocycles. The molecule has 8 bridgehead atoms. The van der Waals surface area contributed by atoms with Gasteiger partial charge in [-0.2, -0.15) is 10.5 Å². The highest BCUT2D eigenvalue weighted by Crippen LogP contribution is 2.52.